The van der Waals surface area contributed by atoms with Crippen molar-refractivity contribution in [2.75, 3.05) is 24.8 Å². The summed E-state index contributed by atoms with van der Waals surface area (Å²) in [6, 6.07) is 5.35. The van der Waals surface area contributed by atoms with Crippen molar-refractivity contribution in [1.29, 1.82) is 0 Å². The van der Waals surface area contributed by atoms with Gasteiger partial charge in [0.1, 0.15) is 0 Å². The topological polar surface area (TPSA) is 12.5 Å². The summed E-state index contributed by atoms with van der Waals surface area (Å²) in [5.41, 5.74) is 1.11. The molecule has 1 aliphatic heterocycles. The molecular weight excluding hydrogens is 332 g/mol. The lowest BCUT2D eigenvalue weighted by Crippen LogP contribution is -2.31. The Bertz CT molecular complexity index is 378. The van der Waals surface area contributed by atoms with Gasteiger partial charge in [0.15, 0.2) is 11.6 Å². The van der Waals surface area contributed by atoms with Crippen LogP contribution in [0.1, 0.15) is 24.3 Å². The van der Waals surface area contributed by atoms with Crippen LogP contribution in [-0.2, 0) is 0 Å². The summed E-state index contributed by atoms with van der Waals surface area (Å²) in [7, 11) is 1.50. The van der Waals surface area contributed by atoms with Crippen LogP contribution in [0.25, 0.3) is 0 Å². The molecule has 0 amide bonds. The number of piperidine rings is 1. The van der Waals surface area contributed by atoms with Crippen LogP contribution in [0, 0.1) is 5.82 Å². The lowest BCUT2D eigenvalue weighted by molar-refractivity contribution is 0.250. The van der Waals surface area contributed by atoms with E-state index in [1.165, 1.54) is 7.11 Å². The van der Waals surface area contributed by atoms with Crippen LogP contribution < -0.4 is 4.74 Å². The van der Waals surface area contributed by atoms with E-state index < -0.39 is 0 Å². The van der Waals surface area contributed by atoms with Crippen molar-refractivity contribution >= 4 is 22.6 Å². The molecule has 1 aliphatic rings. The molecule has 2 rings (SSSR count). The lowest BCUT2D eigenvalue weighted by atomic mass is 9.89. The van der Waals surface area contributed by atoms with E-state index in [1.54, 1.807) is 12.1 Å². The quantitative estimate of drug-likeness (QED) is 0.471. The van der Waals surface area contributed by atoms with Gasteiger partial charge in [-0.1, -0.05) is 28.7 Å². The third-order valence-electron chi connectivity index (χ3n) is 3.40. The zero-order valence-corrected chi connectivity index (χ0v) is 12.1. The Morgan fingerprint density at radius 1 is 1.41 bits per heavy atom. The molecule has 0 unspecified atom stereocenters. The molecule has 2 nitrogen and oxygen atoms in total. The third-order valence-corrected chi connectivity index (χ3v) is 4.37. The van der Waals surface area contributed by atoms with Crippen molar-refractivity contribution in [3.05, 3.63) is 29.6 Å². The average Bonchev–Trinajstić information content (AvgIpc) is 2.39. The first kappa shape index (κ1) is 13.1. The minimum Gasteiger partial charge on any atom is -0.494 e. The van der Waals surface area contributed by atoms with Gasteiger partial charge in [-0.05, 0) is 49.5 Å². The van der Waals surface area contributed by atoms with Crippen molar-refractivity contribution in [3.63, 3.8) is 0 Å². The molecule has 1 fully saturated rings. The normalized spacial score (nSPS) is 18.3. The summed E-state index contributed by atoms with van der Waals surface area (Å²) in [5, 5.41) is 0. The average molecular weight is 349 g/mol. The number of ether oxygens (including phenoxy) is 1. The third kappa shape index (κ3) is 3.10. The number of alkyl halides is 1. The number of rotatable bonds is 3. The zero-order chi connectivity index (χ0) is 12.3. The molecule has 1 heterocycles. The van der Waals surface area contributed by atoms with Crippen LogP contribution in [-0.4, -0.2) is 29.7 Å². The molecule has 0 atom stereocenters. The Morgan fingerprint density at radius 2 is 2.12 bits per heavy atom. The molecule has 0 bridgehead atoms. The van der Waals surface area contributed by atoms with Gasteiger partial charge in [0.05, 0.1) is 11.7 Å². The standard InChI is InChI=1S/C13H17FINO/c1-17-13-3-2-11(8-12(13)14)10-4-6-16(9-15)7-5-10/h2-3,8,10H,4-7,9H2,1H3. The van der Waals surface area contributed by atoms with Gasteiger partial charge in [-0.2, -0.15) is 0 Å². The van der Waals surface area contributed by atoms with Gasteiger partial charge >= 0.3 is 0 Å². The molecule has 94 valence electrons. The van der Waals surface area contributed by atoms with Gasteiger partial charge in [-0.15, -0.1) is 0 Å². The second kappa shape index (κ2) is 6.00. The van der Waals surface area contributed by atoms with Crippen LogP contribution >= 0.6 is 22.6 Å². The predicted octanol–water partition coefficient (Wildman–Crippen LogP) is 3.41. The summed E-state index contributed by atoms with van der Waals surface area (Å²) in [6.45, 7) is 2.22. The summed E-state index contributed by atoms with van der Waals surface area (Å²) in [4.78, 5) is 2.43. The van der Waals surface area contributed by atoms with E-state index in [9.17, 15) is 4.39 Å². The van der Waals surface area contributed by atoms with Gasteiger partial charge in [-0.25, -0.2) is 4.39 Å². The molecular formula is C13H17FINO. The maximum absolute atomic E-state index is 13.6. The number of benzene rings is 1. The molecule has 0 saturated carbocycles. The fourth-order valence-corrected chi connectivity index (χ4v) is 3.00. The van der Waals surface area contributed by atoms with Gasteiger partial charge in [0.2, 0.25) is 0 Å². The summed E-state index contributed by atoms with van der Waals surface area (Å²) >= 11 is 2.39. The highest BCUT2D eigenvalue weighted by Crippen LogP contribution is 2.30. The first-order valence-corrected chi connectivity index (χ1v) is 7.39. The van der Waals surface area contributed by atoms with Crippen LogP contribution in [0.2, 0.25) is 0 Å². The predicted molar refractivity (Wildman–Crippen MR) is 75.4 cm³/mol. The van der Waals surface area contributed by atoms with Crippen LogP contribution in [0.5, 0.6) is 5.75 Å². The summed E-state index contributed by atoms with van der Waals surface area (Å²) in [5.74, 6) is 0.578. The van der Waals surface area contributed by atoms with Crippen molar-refractivity contribution < 1.29 is 9.13 Å². The first-order chi connectivity index (χ1) is 8.24. The van der Waals surface area contributed by atoms with E-state index in [0.717, 1.165) is 36.0 Å². The molecule has 0 aliphatic carbocycles. The fourth-order valence-electron chi connectivity index (χ4n) is 2.32. The van der Waals surface area contributed by atoms with E-state index in [2.05, 4.69) is 27.5 Å². The first-order valence-electron chi connectivity index (χ1n) is 5.86. The van der Waals surface area contributed by atoms with Crippen molar-refractivity contribution in [3.8, 4) is 5.75 Å². The molecule has 1 saturated heterocycles. The molecule has 1 aromatic carbocycles. The monoisotopic (exact) mass is 349 g/mol. The van der Waals surface area contributed by atoms with Crippen LogP contribution in [0.3, 0.4) is 0 Å². The highest BCUT2D eigenvalue weighted by Gasteiger charge is 2.20. The minimum atomic E-state index is -0.249. The lowest BCUT2D eigenvalue weighted by Gasteiger charge is -2.30. The van der Waals surface area contributed by atoms with Gasteiger partial charge in [-0.3, -0.25) is 4.90 Å². The number of methoxy groups -OCH3 is 1. The summed E-state index contributed by atoms with van der Waals surface area (Å²) < 4.78 is 19.6. The largest absolute Gasteiger partial charge is 0.494 e. The van der Waals surface area contributed by atoms with Gasteiger partial charge < -0.3 is 4.74 Å². The zero-order valence-electron chi connectivity index (χ0n) is 9.96. The van der Waals surface area contributed by atoms with E-state index in [1.807, 2.05) is 6.07 Å². The molecule has 0 radical (unpaired) electrons. The van der Waals surface area contributed by atoms with Crippen molar-refractivity contribution in [1.82, 2.24) is 4.90 Å². The van der Waals surface area contributed by atoms with Crippen LogP contribution in [0.15, 0.2) is 18.2 Å². The summed E-state index contributed by atoms with van der Waals surface area (Å²) in [6.07, 6.45) is 2.24. The number of likely N-dealkylation sites (tertiary alicyclic amines) is 1. The van der Waals surface area contributed by atoms with Crippen molar-refractivity contribution in [2.45, 2.75) is 18.8 Å². The molecule has 4 heteroatoms. The molecule has 0 N–H and O–H groups in total. The Labute approximate surface area is 115 Å². The van der Waals surface area contributed by atoms with Gasteiger partial charge in [0.25, 0.3) is 0 Å². The molecule has 17 heavy (non-hydrogen) atoms. The Balaban J connectivity index is 2.06. The Morgan fingerprint density at radius 3 is 2.65 bits per heavy atom. The number of hydrogen-bond donors (Lipinski definition) is 0. The second-order valence-electron chi connectivity index (χ2n) is 4.41. The van der Waals surface area contributed by atoms with E-state index in [-0.39, 0.29) is 5.82 Å². The van der Waals surface area contributed by atoms with E-state index >= 15 is 0 Å². The molecule has 1 aromatic rings. The van der Waals surface area contributed by atoms with Crippen LogP contribution in [0.4, 0.5) is 4.39 Å². The number of nitrogens with zero attached hydrogens (tertiary/aromatic N) is 1. The van der Waals surface area contributed by atoms with Crippen molar-refractivity contribution in [2.24, 2.45) is 0 Å². The second-order valence-corrected chi connectivity index (χ2v) is 5.09. The number of halogens is 2. The smallest absolute Gasteiger partial charge is 0.165 e. The Kier molecular flexibility index (Phi) is 4.62. The van der Waals surface area contributed by atoms with E-state index in [0.29, 0.717) is 11.7 Å². The fraction of sp³-hybridized carbons (Fsp3) is 0.538. The highest BCUT2D eigenvalue weighted by atomic mass is 127. The SMILES string of the molecule is COc1ccc(C2CCN(CI)CC2)cc1F. The Hall–Kier alpha value is -0.360. The van der Waals surface area contributed by atoms with Gasteiger partial charge in [0, 0.05) is 0 Å². The van der Waals surface area contributed by atoms with E-state index in [4.69, 9.17) is 4.74 Å². The molecule has 0 spiro atoms. The maximum atomic E-state index is 13.6. The highest BCUT2D eigenvalue weighted by molar-refractivity contribution is 14.1. The minimum absolute atomic E-state index is 0.249. The molecule has 0 aromatic heterocycles. The number of hydrogen-bond acceptors (Lipinski definition) is 2. The maximum Gasteiger partial charge on any atom is 0.165 e.